The van der Waals surface area contributed by atoms with E-state index in [1.807, 2.05) is 22.6 Å². The van der Waals surface area contributed by atoms with Crippen molar-refractivity contribution in [1.29, 1.82) is 0 Å². The fourth-order valence-corrected chi connectivity index (χ4v) is 1.49. The number of ether oxygens (including phenoxy) is 1. The van der Waals surface area contributed by atoms with Gasteiger partial charge in [-0.1, -0.05) is 0 Å². The number of alkyl halides is 2. The lowest BCUT2D eigenvalue weighted by Crippen LogP contribution is -2.02. The van der Waals surface area contributed by atoms with Crippen LogP contribution in [0.3, 0.4) is 0 Å². The van der Waals surface area contributed by atoms with Gasteiger partial charge in [-0.25, -0.2) is 13.8 Å². The summed E-state index contributed by atoms with van der Waals surface area (Å²) in [7, 11) is 1.37. The van der Waals surface area contributed by atoms with Crippen molar-refractivity contribution in [3.8, 4) is 5.88 Å². The van der Waals surface area contributed by atoms with Crippen molar-refractivity contribution in [2.24, 2.45) is 0 Å². The molecule has 0 aliphatic rings. The van der Waals surface area contributed by atoms with Gasteiger partial charge in [-0.2, -0.15) is 0 Å². The smallest absolute Gasteiger partial charge is 0.282 e. The summed E-state index contributed by atoms with van der Waals surface area (Å²) >= 11 is 1.91. The molecule has 0 radical (unpaired) electrons. The van der Waals surface area contributed by atoms with Crippen LogP contribution in [0, 0.1) is 3.57 Å². The number of hydrogen-bond acceptors (Lipinski definition) is 3. The Morgan fingerprint density at radius 1 is 1.62 bits per heavy atom. The maximum atomic E-state index is 12.3. The average Bonchev–Trinajstić information content (AvgIpc) is 2.03. The first-order chi connectivity index (χ1) is 6.06. The largest absolute Gasteiger partial charge is 0.480 e. The molecular formula is C7H7F2IN2O. The molecule has 0 spiro atoms. The Morgan fingerprint density at radius 3 is 2.69 bits per heavy atom. The SMILES string of the molecule is COc1nc(C(F)F)c(N)cc1I. The maximum Gasteiger partial charge on any atom is 0.282 e. The molecule has 0 aliphatic carbocycles. The van der Waals surface area contributed by atoms with Gasteiger partial charge >= 0.3 is 0 Å². The predicted molar refractivity (Wildman–Crippen MR) is 52.9 cm³/mol. The zero-order valence-electron chi connectivity index (χ0n) is 6.72. The predicted octanol–water partition coefficient (Wildman–Crippen LogP) is 2.21. The molecule has 1 rings (SSSR count). The van der Waals surface area contributed by atoms with E-state index in [2.05, 4.69) is 4.98 Å². The minimum atomic E-state index is -2.68. The maximum absolute atomic E-state index is 12.3. The molecule has 1 aromatic rings. The van der Waals surface area contributed by atoms with Crippen LogP contribution in [0.5, 0.6) is 5.88 Å². The Kier molecular flexibility index (Phi) is 3.23. The average molecular weight is 300 g/mol. The van der Waals surface area contributed by atoms with Crippen molar-refractivity contribution in [3.05, 3.63) is 15.3 Å². The van der Waals surface area contributed by atoms with Crippen LogP contribution in [-0.4, -0.2) is 12.1 Å². The van der Waals surface area contributed by atoms with Gasteiger partial charge in [0.2, 0.25) is 5.88 Å². The molecule has 0 bridgehead atoms. The van der Waals surface area contributed by atoms with Crippen molar-refractivity contribution >= 4 is 28.3 Å². The van der Waals surface area contributed by atoms with Crippen LogP contribution >= 0.6 is 22.6 Å². The van der Waals surface area contributed by atoms with Gasteiger partial charge in [-0.05, 0) is 28.7 Å². The van der Waals surface area contributed by atoms with Crippen molar-refractivity contribution in [2.45, 2.75) is 6.43 Å². The number of hydrogen-bond donors (Lipinski definition) is 1. The highest BCUT2D eigenvalue weighted by atomic mass is 127. The minimum Gasteiger partial charge on any atom is -0.480 e. The third-order valence-electron chi connectivity index (χ3n) is 1.40. The molecule has 13 heavy (non-hydrogen) atoms. The number of nitrogens with two attached hydrogens (primary N) is 1. The number of halogens is 3. The number of methoxy groups -OCH3 is 1. The fraction of sp³-hybridized carbons (Fsp3) is 0.286. The molecule has 72 valence electrons. The zero-order valence-corrected chi connectivity index (χ0v) is 8.88. The summed E-state index contributed by atoms with van der Waals surface area (Å²) < 4.78 is 29.9. The Hall–Kier alpha value is -0.660. The van der Waals surface area contributed by atoms with E-state index in [0.29, 0.717) is 3.57 Å². The van der Waals surface area contributed by atoms with Crippen LogP contribution in [0.1, 0.15) is 12.1 Å². The summed E-state index contributed by atoms with van der Waals surface area (Å²) in [5.74, 6) is 0.171. The van der Waals surface area contributed by atoms with Gasteiger partial charge in [0.1, 0.15) is 5.69 Å². The van der Waals surface area contributed by atoms with Crippen molar-refractivity contribution in [1.82, 2.24) is 4.98 Å². The van der Waals surface area contributed by atoms with E-state index in [1.165, 1.54) is 13.2 Å². The number of pyridine rings is 1. The van der Waals surface area contributed by atoms with Crippen molar-refractivity contribution < 1.29 is 13.5 Å². The topological polar surface area (TPSA) is 48.1 Å². The Balaban J connectivity index is 3.22. The summed E-state index contributed by atoms with van der Waals surface area (Å²) in [6, 6.07) is 1.41. The molecule has 3 nitrogen and oxygen atoms in total. The second-order valence-corrected chi connectivity index (χ2v) is 3.42. The highest BCUT2D eigenvalue weighted by Crippen LogP contribution is 2.28. The first-order valence-corrected chi connectivity index (χ1v) is 4.42. The monoisotopic (exact) mass is 300 g/mol. The summed E-state index contributed by atoms with van der Waals surface area (Å²) in [5.41, 5.74) is 4.90. The summed E-state index contributed by atoms with van der Waals surface area (Å²) in [6.45, 7) is 0. The number of nitrogens with zero attached hydrogens (tertiary/aromatic N) is 1. The van der Waals surface area contributed by atoms with Gasteiger partial charge in [0.25, 0.3) is 6.43 Å². The van der Waals surface area contributed by atoms with Crippen LogP contribution < -0.4 is 10.5 Å². The molecule has 0 fully saturated rings. The molecule has 0 saturated heterocycles. The van der Waals surface area contributed by atoms with E-state index in [-0.39, 0.29) is 11.6 Å². The fourth-order valence-electron chi connectivity index (χ4n) is 0.817. The lowest BCUT2D eigenvalue weighted by Gasteiger charge is -2.07. The van der Waals surface area contributed by atoms with Crippen molar-refractivity contribution in [3.63, 3.8) is 0 Å². The highest BCUT2D eigenvalue weighted by Gasteiger charge is 2.16. The molecule has 6 heteroatoms. The van der Waals surface area contributed by atoms with Crippen LogP contribution in [0.25, 0.3) is 0 Å². The quantitative estimate of drug-likeness (QED) is 0.852. The van der Waals surface area contributed by atoms with Crippen LogP contribution in [0.15, 0.2) is 6.07 Å². The van der Waals surface area contributed by atoms with E-state index in [1.54, 1.807) is 0 Å². The summed E-state index contributed by atoms with van der Waals surface area (Å²) in [6.07, 6.45) is -2.68. The van der Waals surface area contributed by atoms with Gasteiger partial charge in [0.05, 0.1) is 16.4 Å². The van der Waals surface area contributed by atoms with Gasteiger partial charge < -0.3 is 10.5 Å². The molecule has 1 aromatic heterocycles. The van der Waals surface area contributed by atoms with Crippen LogP contribution in [0.4, 0.5) is 14.5 Å². The molecule has 0 unspecified atom stereocenters. The minimum absolute atomic E-state index is 0.0137. The van der Waals surface area contributed by atoms with E-state index in [0.717, 1.165) is 0 Å². The number of rotatable bonds is 2. The van der Waals surface area contributed by atoms with E-state index < -0.39 is 12.1 Å². The van der Waals surface area contributed by atoms with E-state index in [4.69, 9.17) is 10.5 Å². The third-order valence-corrected chi connectivity index (χ3v) is 2.18. The number of nitrogen functional groups attached to an aromatic ring is 1. The molecule has 1 heterocycles. The van der Waals surface area contributed by atoms with Crippen molar-refractivity contribution in [2.75, 3.05) is 12.8 Å². The van der Waals surface area contributed by atoms with Gasteiger partial charge in [0.15, 0.2) is 0 Å². The lowest BCUT2D eigenvalue weighted by atomic mass is 10.3. The van der Waals surface area contributed by atoms with E-state index in [9.17, 15) is 8.78 Å². The number of anilines is 1. The molecule has 2 N–H and O–H groups in total. The van der Waals surface area contributed by atoms with Gasteiger partial charge in [-0.15, -0.1) is 0 Å². The molecule has 0 atom stereocenters. The standard InChI is InChI=1S/C7H7F2IN2O/c1-13-7-3(10)2-4(11)5(12-7)6(8)9/h2,6H,11H2,1H3. The van der Waals surface area contributed by atoms with Gasteiger partial charge in [0, 0.05) is 0 Å². The third kappa shape index (κ3) is 2.17. The van der Waals surface area contributed by atoms with Gasteiger partial charge in [-0.3, -0.25) is 0 Å². The Morgan fingerprint density at radius 2 is 2.23 bits per heavy atom. The normalized spacial score (nSPS) is 10.5. The summed E-state index contributed by atoms with van der Waals surface area (Å²) in [4.78, 5) is 3.59. The van der Waals surface area contributed by atoms with Crippen LogP contribution in [0.2, 0.25) is 0 Å². The first kappa shape index (κ1) is 10.4. The first-order valence-electron chi connectivity index (χ1n) is 3.34. The zero-order chi connectivity index (χ0) is 10.0. The Labute approximate surface area is 87.4 Å². The molecule has 0 amide bonds. The molecule has 0 aromatic carbocycles. The molecule has 0 saturated carbocycles. The molecular weight excluding hydrogens is 293 g/mol. The van der Waals surface area contributed by atoms with E-state index >= 15 is 0 Å². The molecule has 0 aliphatic heterocycles. The second kappa shape index (κ2) is 4.03. The number of aromatic nitrogens is 1. The second-order valence-electron chi connectivity index (χ2n) is 2.25. The summed E-state index contributed by atoms with van der Waals surface area (Å²) in [5, 5.41) is 0. The lowest BCUT2D eigenvalue weighted by molar-refractivity contribution is 0.146. The van der Waals surface area contributed by atoms with Crippen LogP contribution in [-0.2, 0) is 0 Å². The Bertz CT molecular complexity index is 320. The highest BCUT2D eigenvalue weighted by molar-refractivity contribution is 14.1.